The molecule has 0 saturated heterocycles. The predicted octanol–water partition coefficient (Wildman–Crippen LogP) is 5.11. The lowest BCUT2D eigenvalue weighted by atomic mass is 9.79. The Bertz CT molecular complexity index is 435. The quantitative estimate of drug-likeness (QED) is 0.783. The molecule has 3 unspecified atom stereocenters. The maximum absolute atomic E-state index is 13.9. The van der Waals surface area contributed by atoms with Gasteiger partial charge in [-0.15, -0.1) is 11.8 Å². The predicted molar refractivity (Wildman–Crippen MR) is 90.3 cm³/mol. The van der Waals surface area contributed by atoms with Crippen molar-refractivity contribution in [3.8, 4) is 0 Å². The Morgan fingerprint density at radius 1 is 1.29 bits per heavy atom. The van der Waals surface area contributed by atoms with Crippen LogP contribution in [0.2, 0.25) is 0 Å². The first-order chi connectivity index (χ1) is 10.1. The van der Waals surface area contributed by atoms with Crippen LogP contribution in [-0.4, -0.2) is 17.8 Å². The Morgan fingerprint density at radius 3 is 2.71 bits per heavy atom. The summed E-state index contributed by atoms with van der Waals surface area (Å²) >= 11 is 1.73. The molecule has 2 rings (SSSR count). The van der Waals surface area contributed by atoms with Crippen molar-refractivity contribution in [2.75, 3.05) is 6.54 Å². The number of benzene rings is 1. The van der Waals surface area contributed by atoms with Gasteiger partial charge in [-0.05, 0) is 56.2 Å². The third-order valence-electron chi connectivity index (χ3n) is 4.55. The largest absolute Gasteiger partial charge is 0.313 e. The Morgan fingerprint density at radius 2 is 2.05 bits per heavy atom. The molecule has 0 heterocycles. The molecule has 1 aromatic carbocycles. The van der Waals surface area contributed by atoms with Crippen LogP contribution in [0.15, 0.2) is 29.2 Å². The standard InChI is InChI=1S/C18H28FNS/c1-4-11-20-16-10-9-14(13(2)3)12-18(16)21-17-8-6-5-7-15(17)19/h5-8,13-14,16,18,20H,4,9-12H2,1-3H3. The molecule has 0 spiro atoms. The summed E-state index contributed by atoms with van der Waals surface area (Å²) in [4.78, 5) is 0.801. The fourth-order valence-corrected chi connectivity index (χ4v) is 4.57. The van der Waals surface area contributed by atoms with E-state index in [4.69, 9.17) is 0 Å². The van der Waals surface area contributed by atoms with Crippen molar-refractivity contribution in [3.05, 3.63) is 30.1 Å². The van der Waals surface area contributed by atoms with E-state index >= 15 is 0 Å². The Labute approximate surface area is 133 Å². The first-order valence-electron chi connectivity index (χ1n) is 8.26. The highest BCUT2D eigenvalue weighted by atomic mass is 32.2. The van der Waals surface area contributed by atoms with E-state index in [2.05, 4.69) is 26.1 Å². The van der Waals surface area contributed by atoms with Crippen molar-refractivity contribution in [3.63, 3.8) is 0 Å². The molecule has 0 radical (unpaired) electrons. The summed E-state index contributed by atoms with van der Waals surface area (Å²) in [6.07, 6.45) is 4.86. The molecule has 1 aliphatic carbocycles. The number of nitrogens with one attached hydrogen (secondary N) is 1. The third kappa shape index (κ3) is 4.72. The lowest BCUT2D eigenvalue weighted by Gasteiger charge is -2.38. The van der Waals surface area contributed by atoms with Crippen LogP contribution in [0.4, 0.5) is 4.39 Å². The van der Waals surface area contributed by atoms with Crippen LogP contribution in [0.1, 0.15) is 46.5 Å². The molecule has 1 aliphatic rings. The van der Waals surface area contributed by atoms with Crippen molar-refractivity contribution < 1.29 is 4.39 Å². The van der Waals surface area contributed by atoms with Gasteiger partial charge in [0.15, 0.2) is 0 Å². The Kier molecular flexibility index (Phi) is 6.56. The Hall–Kier alpha value is -0.540. The summed E-state index contributed by atoms with van der Waals surface area (Å²) in [5.41, 5.74) is 0. The molecule has 3 heteroatoms. The van der Waals surface area contributed by atoms with Crippen LogP contribution in [0, 0.1) is 17.7 Å². The van der Waals surface area contributed by atoms with Gasteiger partial charge in [0, 0.05) is 16.2 Å². The van der Waals surface area contributed by atoms with Crippen molar-refractivity contribution in [2.24, 2.45) is 11.8 Å². The summed E-state index contributed by atoms with van der Waals surface area (Å²) in [7, 11) is 0. The second-order valence-electron chi connectivity index (χ2n) is 6.46. The summed E-state index contributed by atoms with van der Waals surface area (Å²) in [6.45, 7) is 7.89. The van der Waals surface area contributed by atoms with Crippen molar-refractivity contribution in [1.29, 1.82) is 0 Å². The third-order valence-corrected chi connectivity index (χ3v) is 5.96. The molecular weight excluding hydrogens is 281 g/mol. The molecule has 0 bridgehead atoms. The maximum atomic E-state index is 13.9. The highest BCUT2D eigenvalue weighted by Gasteiger charge is 2.32. The summed E-state index contributed by atoms with van der Waals surface area (Å²) in [6, 6.07) is 7.70. The highest BCUT2D eigenvalue weighted by Crippen LogP contribution is 2.39. The number of hydrogen-bond donors (Lipinski definition) is 1. The molecule has 0 amide bonds. The monoisotopic (exact) mass is 309 g/mol. The zero-order chi connectivity index (χ0) is 15.2. The molecule has 1 N–H and O–H groups in total. The van der Waals surface area contributed by atoms with Gasteiger partial charge in [-0.2, -0.15) is 0 Å². The van der Waals surface area contributed by atoms with Gasteiger partial charge in [-0.25, -0.2) is 4.39 Å². The van der Waals surface area contributed by atoms with Crippen LogP contribution < -0.4 is 5.32 Å². The molecule has 118 valence electrons. The molecular formula is C18H28FNS. The van der Waals surface area contributed by atoms with Gasteiger partial charge >= 0.3 is 0 Å². The molecule has 0 aromatic heterocycles. The van der Waals surface area contributed by atoms with Gasteiger partial charge in [0.1, 0.15) is 5.82 Å². The number of halogens is 1. The van der Waals surface area contributed by atoms with E-state index in [0.717, 1.165) is 29.7 Å². The van der Waals surface area contributed by atoms with Crippen LogP contribution in [0.5, 0.6) is 0 Å². The van der Waals surface area contributed by atoms with E-state index in [9.17, 15) is 4.39 Å². The molecule has 1 nitrogen and oxygen atoms in total. The summed E-state index contributed by atoms with van der Waals surface area (Å²) < 4.78 is 13.9. The van der Waals surface area contributed by atoms with E-state index in [0.29, 0.717) is 11.3 Å². The molecule has 1 saturated carbocycles. The van der Waals surface area contributed by atoms with Crippen LogP contribution >= 0.6 is 11.8 Å². The van der Waals surface area contributed by atoms with Crippen LogP contribution in [-0.2, 0) is 0 Å². The van der Waals surface area contributed by atoms with Gasteiger partial charge in [0.05, 0.1) is 0 Å². The lowest BCUT2D eigenvalue weighted by molar-refractivity contribution is 0.246. The van der Waals surface area contributed by atoms with Crippen molar-refractivity contribution in [1.82, 2.24) is 5.32 Å². The molecule has 1 aromatic rings. The van der Waals surface area contributed by atoms with Crippen molar-refractivity contribution in [2.45, 2.75) is 62.6 Å². The second kappa shape index (κ2) is 8.19. The number of rotatable bonds is 6. The zero-order valence-corrected chi connectivity index (χ0v) is 14.3. The average Bonchev–Trinajstić information content (AvgIpc) is 2.48. The number of thioether (sulfide) groups is 1. The van der Waals surface area contributed by atoms with Crippen LogP contribution in [0.3, 0.4) is 0 Å². The summed E-state index contributed by atoms with van der Waals surface area (Å²) in [5.74, 6) is 1.42. The number of hydrogen-bond acceptors (Lipinski definition) is 2. The Balaban J connectivity index is 2.07. The molecule has 3 atom stereocenters. The lowest BCUT2D eigenvalue weighted by Crippen LogP contribution is -2.43. The van der Waals surface area contributed by atoms with Gasteiger partial charge in [0.25, 0.3) is 0 Å². The fourth-order valence-electron chi connectivity index (χ4n) is 3.16. The van der Waals surface area contributed by atoms with E-state index in [1.807, 2.05) is 12.1 Å². The van der Waals surface area contributed by atoms with Gasteiger partial charge in [0.2, 0.25) is 0 Å². The van der Waals surface area contributed by atoms with E-state index in [-0.39, 0.29) is 5.82 Å². The minimum absolute atomic E-state index is 0.0802. The minimum Gasteiger partial charge on any atom is -0.313 e. The van der Waals surface area contributed by atoms with E-state index in [1.165, 1.54) is 19.3 Å². The highest BCUT2D eigenvalue weighted by molar-refractivity contribution is 8.00. The first-order valence-corrected chi connectivity index (χ1v) is 9.14. The smallest absolute Gasteiger partial charge is 0.136 e. The summed E-state index contributed by atoms with van der Waals surface area (Å²) in [5, 5.41) is 4.16. The minimum atomic E-state index is -0.0802. The van der Waals surface area contributed by atoms with Crippen molar-refractivity contribution >= 4 is 11.8 Å². The van der Waals surface area contributed by atoms with E-state index < -0.39 is 0 Å². The maximum Gasteiger partial charge on any atom is 0.136 e. The topological polar surface area (TPSA) is 12.0 Å². The van der Waals surface area contributed by atoms with Gasteiger partial charge < -0.3 is 5.32 Å². The van der Waals surface area contributed by atoms with Gasteiger partial charge in [-0.1, -0.05) is 32.9 Å². The first kappa shape index (κ1) is 16.8. The second-order valence-corrected chi connectivity index (χ2v) is 7.75. The molecule has 1 fully saturated rings. The SMILES string of the molecule is CCCNC1CCC(C(C)C)CC1Sc1ccccc1F. The van der Waals surface area contributed by atoms with E-state index in [1.54, 1.807) is 23.9 Å². The average molecular weight is 309 g/mol. The van der Waals surface area contributed by atoms with Crippen LogP contribution in [0.25, 0.3) is 0 Å². The zero-order valence-electron chi connectivity index (χ0n) is 13.4. The fraction of sp³-hybridized carbons (Fsp3) is 0.667. The normalized spacial score (nSPS) is 26.2. The molecule has 21 heavy (non-hydrogen) atoms. The van der Waals surface area contributed by atoms with Gasteiger partial charge in [-0.3, -0.25) is 0 Å². The molecule has 0 aliphatic heterocycles.